The second kappa shape index (κ2) is 8.36. The van der Waals surface area contributed by atoms with Gasteiger partial charge >= 0.3 is 17.1 Å². The van der Waals surface area contributed by atoms with Crippen LogP contribution in [-0.2, 0) is 22.4 Å². The van der Waals surface area contributed by atoms with Crippen LogP contribution in [0.4, 0.5) is 0 Å². The molecule has 0 spiro atoms. The maximum Gasteiger partial charge on any atom is 0.336 e. The first-order valence-electron chi connectivity index (χ1n) is 5.73. The highest BCUT2D eigenvalue weighted by molar-refractivity contribution is 6.66. The van der Waals surface area contributed by atoms with E-state index in [1.165, 1.54) is 0 Å². The van der Waals surface area contributed by atoms with E-state index in [4.69, 9.17) is 22.4 Å². The minimum atomic E-state index is -1.99. The van der Waals surface area contributed by atoms with Gasteiger partial charge in [0.15, 0.2) is 0 Å². The first kappa shape index (κ1) is 17.2. The van der Waals surface area contributed by atoms with Gasteiger partial charge in [-0.1, -0.05) is 0 Å². The number of ether oxygens (including phenoxy) is 1. The predicted octanol–water partition coefficient (Wildman–Crippen LogP) is 1.73. The standard InChI is InChI=1S/C10H26O5Si2/c1-11-16(5,12-2)9-7-15-8-10-17(6,13-3)14-4/h7-10H2,1-6H3. The van der Waals surface area contributed by atoms with Crippen LogP contribution in [-0.4, -0.2) is 58.8 Å². The minimum Gasteiger partial charge on any atom is -0.398 e. The highest BCUT2D eigenvalue weighted by Gasteiger charge is 2.30. The molecular weight excluding hydrogens is 256 g/mol. The molecule has 104 valence electrons. The summed E-state index contributed by atoms with van der Waals surface area (Å²) in [4.78, 5) is 0. The molecule has 0 aliphatic rings. The van der Waals surface area contributed by atoms with Gasteiger partial charge in [0.2, 0.25) is 0 Å². The average Bonchev–Trinajstić information content (AvgIpc) is 2.37. The Kier molecular flexibility index (Phi) is 8.47. The van der Waals surface area contributed by atoms with Gasteiger partial charge in [0.05, 0.1) is 0 Å². The van der Waals surface area contributed by atoms with Gasteiger partial charge < -0.3 is 22.4 Å². The molecule has 0 fully saturated rings. The molecule has 0 N–H and O–H groups in total. The Balaban J connectivity index is 3.72. The molecule has 0 aromatic rings. The average molecular weight is 282 g/mol. The van der Waals surface area contributed by atoms with Crippen LogP contribution in [0.5, 0.6) is 0 Å². The van der Waals surface area contributed by atoms with Crippen LogP contribution in [0.15, 0.2) is 0 Å². The van der Waals surface area contributed by atoms with Crippen LogP contribution in [0.3, 0.4) is 0 Å². The molecule has 0 aromatic heterocycles. The molecule has 0 rings (SSSR count). The summed E-state index contributed by atoms with van der Waals surface area (Å²) in [6, 6.07) is 1.66. The fourth-order valence-electron chi connectivity index (χ4n) is 1.19. The molecule has 0 aliphatic carbocycles. The van der Waals surface area contributed by atoms with Gasteiger partial charge in [-0.05, 0) is 13.1 Å². The zero-order valence-electron chi connectivity index (χ0n) is 11.9. The molecule has 0 aromatic carbocycles. The maximum absolute atomic E-state index is 5.58. The lowest BCUT2D eigenvalue weighted by atomic mass is 10.8. The van der Waals surface area contributed by atoms with Crippen molar-refractivity contribution in [3.05, 3.63) is 0 Å². The highest BCUT2D eigenvalue weighted by Crippen LogP contribution is 2.13. The second-order valence-corrected chi connectivity index (χ2v) is 11.4. The van der Waals surface area contributed by atoms with E-state index in [-0.39, 0.29) is 0 Å². The Morgan fingerprint density at radius 1 is 0.647 bits per heavy atom. The van der Waals surface area contributed by atoms with Crippen molar-refractivity contribution in [2.45, 2.75) is 25.2 Å². The molecule has 0 saturated carbocycles. The fourth-order valence-corrected chi connectivity index (χ4v) is 3.37. The summed E-state index contributed by atoms with van der Waals surface area (Å²) < 4.78 is 27.1. The summed E-state index contributed by atoms with van der Waals surface area (Å²) in [7, 11) is 2.79. The molecule has 5 nitrogen and oxygen atoms in total. The summed E-state index contributed by atoms with van der Waals surface area (Å²) in [5.74, 6) is 0. The Morgan fingerprint density at radius 2 is 0.941 bits per heavy atom. The third kappa shape index (κ3) is 6.65. The van der Waals surface area contributed by atoms with Crippen LogP contribution >= 0.6 is 0 Å². The van der Waals surface area contributed by atoms with Gasteiger partial charge in [-0.3, -0.25) is 0 Å². The molecule has 0 saturated heterocycles. The fraction of sp³-hybridized carbons (Fsp3) is 1.00. The lowest BCUT2D eigenvalue weighted by Gasteiger charge is -2.24. The molecule has 0 heterocycles. The van der Waals surface area contributed by atoms with Crippen LogP contribution in [0.1, 0.15) is 0 Å². The van der Waals surface area contributed by atoms with Crippen molar-refractivity contribution in [3.63, 3.8) is 0 Å². The van der Waals surface area contributed by atoms with Gasteiger partial charge in [-0.2, -0.15) is 0 Å². The SMILES string of the molecule is CO[Si](C)(CCOCC[Si](C)(OC)OC)OC. The quantitative estimate of drug-likeness (QED) is 0.451. The smallest absolute Gasteiger partial charge is 0.336 e. The lowest BCUT2D eigenvalue weighted by Crippen LogP contribution is -2.38. The van der Waals surface area contributed by atoms with Gasteiger partial charge in [0, 0.05) is 53.7 Å². The molecule has 0 bridgehead atoms. The van der Waals surface area contributed by atoms with Crippen molar-refractivity contribution in [2.24, 2.45) is 0 Å². The van der Waals surface area contributed by atoms with Gasteiger partial charge in [0.25, 0.3) is 0 Å². The van der Waals surface area contributed by atoms with Crippen molar-refractivity contribution in [1.29, 1.82) is 0 Å². The molecule has 0 aliphatic heterocycles. The van der Waals surface area contributed by atoms with E-state index in [1.807, 2.05) is 13.1 Å². The Labute approximate surface area is 107 Å². The van der Waals surface area contributed by atoms with Crippen LogP contribution < -0.4 is 0 Å². The Hall–Kier alpha value is 0.234. The van der Waals surface area contributed by atoms with E-state index in [1.54, 1.807) is 28.4 Å². The summed E-state index contributed by atoms with van der Waals surface area (Å²) in [5.41, 5.74) is 0. The molecule has 0 radical (unpaired) electrons. The molecule has 7 heteroatoms. The molecule has 17 heavy (non-hydrogen) atoms. The topological polar surface area (TPSA) is 46.2 Å². The maximum atomic E-state index is 5.58. The van der Waals surface area contributed by atoms with Crippen LogP contribution in [0.2, 0.25) is 25.2 Å². The monoisotopic (exact) mass is 282 g/mol. The van der Waals surface area contributed by atoms with Crippen molar-refractivity contribution in [2.75, 3.05) is 41.7 Å². The van der Waals surface area contributed by atoms with Gasteiger partial charge in [-0.25, -0.2) is 0 Å². The summed E-state index contributed by atoms with van der Waals surface area (Å²) >= 11 is 0. The first-order valence-corrected chi connectivity index (χ1v) is 10.8. The largest absolute Gasteiger partial charge is 0.398 e. The number of hydrogen-bond acceptors (Lipinski definition) is 5. The van der Waals surface area contributed by atoms with E-state index in [0.717, 1.165) is 12.1 Å². The third-order valence-electron chi connectivity index (χ3n) is 3.13. The number of hydrogen-bond donors (Lipinski definition) is 0. The van der Waals surface area contributed by atoms with E-state index in [0.29, 0.717) is 13.2 Å². The van der Waals surface area contributed by atoms with E-state index < -0.39 is 17.1 Å². The van der Waals surface area contributed by atoms with E-state index >= 15 is 0 Å². The van der Waals surface area contributed by atoms with E-state index in [2.05, 4.69) is 0 Å². The second-order valence-electron chi connectivity index (χ2n) is 4.20. The first-order chi connectivity index (χ1) is 7.95. The highest BCUT2D eigenvalue weighted by atomic mass is 28.4. The summed E-state index contributed by atoms with van der Waals surface area (Å²) in [6.45, 7) is 5.36. The van der Waals surface area contributed by atoms with Gasteiger partial charge in [-0.15, -0.1) is 0 Å². The lowest BCUT2D eigenvalue weighted by molar-refractivity contribution is 0.137. The molecule has 0 atom stereocenters. The van der Waals surface area contributed by atoms with Crippen LogP contribution in [0, 0.1) is 0 Å². The molecule has 0 amide bonds. The van der Waals surface area contributed by atoms with Gasteiger partial charge in [0.1, 0.15) is 0 Å². The normalized spacial score (nSPS) is 13.1. The molecular formula is C10H26O5Si2. The zero-order valence-corrected chi connectivity index (χ0v) is 13.9. The number of rotatable bonds is 10. The minimum absolute atomic E-state index is 0.655. The Bertz CT molecular complexity index is 175. The van der Waals surface area contributed by atoms with Crippen molar-refractivity contribution < 1.29 is 22.4 Å². The predicted molar refractivity (Wildman–Crippen MR) is 71.7 cm³/mol. The summed E-state index contributed by atoms with van der Waals surface area (Å²) in [6.07, 6.45) is 0. The van der Waals surface area contributed by atoms with Crippen molar-refractivity contribution >= 4 is 17.1 Å². The van der Waals surface area contributed by atoms with E-state index in [9.17, 15) is 0 Å². The third-order valence-corrected chi connectivity index (χ3v) is 8.81. The molecule has 0 unspecified atom stereocenters. The summed E-state index contributed by atoms with van der Waals surface area (Å²) in [5, 5.41) is 0. The Morgan fingerprint density at radius 3 is 1.18 bits per heavy atom. The van der Waals surface area contributed by atoms with Crippen molar-refractivity contribution in [3.8, 4) is 0 Å². The van der Waals surface area contributed by atoms with Crippen molar-refractivity contribution in [1.82, 2.24) is 0 Å². The van der Waals surface area contributed by atoms with Crippen LogP contribution in [0.25, 0.3) is 0 Å². The zero-order chi connectivity index (χ0) is 13.4.